The molecule has 0 spiro atoms. The molecule has 1 aromatic heterocycles. The van der Waals surface area contributed by atoms with Gasteiger partial charge in [0.05, 0.1) is 5.25 Å². The maximum Gasteiger partial charge on any atom is 0.247 e. The molecular weight excluding hydrogens is 316 g/mol. The maximum atomic E-state index is 5.85. The molecule has 4 aromatic rings. The summed E-state index contributed by atoms with van der Waals surface area (Å²) in [7, 11) is 0. The van der Waals surface area contributed by atoms with Crippen molar-refractivity contribution in [2.45, 2.75) is 17.1 Å². The number of hydrogen-bond donors (Lipinski definition) is 0. The van der Waals surface area contributed by atoms with E-state index >= 15 is 0 Å². The van der Waals surface area contributed by atoms with Crippen LogP contribution in [0.4, 0.5) is 0 Å². The molecule has 0 aliphatic rings. The number of aromatic nitrogens is 2. The summed E-state index contributed by atoms with van der Waals surface area (Å²) in [5.74, 6) is 1.21. The Morgan fingerprint density at radius 1 is 0.833 bits per heavy atom. The van der Waals surface area contributed by atoms with E-state index in [4.69, 9.17) is 4.42 Å². The van der Waals surface area contributed by atoms with Gasteiger partial charge in [0.1, 0.15) is 0 Å². The van der Waals surface area contributed by atoms with E-state index < -0.39 is 0 Å². The van der Waals surface area contributed by atoms with Crippen molar-refractivity contribution >= 4 is 22.5 Å². The average Bonchev–Trinajstić information content (AvgIpc) is 3.13. The van der Waals surface area contributed by atoms with Crippen LogP contribution in [-0.4, -0.2) is 10.2 Å². The zero-order valence-corrected chi connectivity index (χ0v) is 14.0. The number of nitrogens with zero attached hydrogens (tertiary/aromatic N) is 2. The molecule has 24 heavy (non-hydrogen) atoms. The van der Waals surface area contributed by atoms with Crippen LogP contribution in [0.1, 0.15) is 18.1 Å². The zero-order chi connectivity index (χ0) is 16.4. The first-order chi connectivity index (χ1) is 11.8. The summed E-state index contributed by atoms with van der Waals surface area (Å²) < 4.78 is 5.85. The molecule has 0 fully saturated rings. The van der Waals surface area contributed by atoms with Gasteiger partial charge in [-0.1, -0.05) is 48.5 Å². The minimum Gasteiger partial charge on any atom is -0.419 e. The fourth-order valence-electron chi connectivity index (χ4n) is 2.59. The second-order valence-corrected chi connectivity index (χ2v) is 6.99. The van der Waals surface area contributed by atoms with Crippen molar-refractivity contribution in [2.75, 3.05) is 0 Å². The van der Waals surface area contributed by atoms with Crippen LogP contribution in [0.25, 0.3) is 22.2 Å². The standard InChI is InChI=1S/C20H16N2OS/c1-14(19-21-22-20(23-19)16-8-3-2-4-9-16)24-18-12-11-15-7-5-6-10-17(15)13-18/h2-14H,1H3/t14-/m0/s1. The summed E-state index contributed by atoms with van der Waals surface area (Å²) in [6, 6.07) is 24.7. The van der Waals surface area contributed by atoms with Gasteiger partial charge in [-0.25, -0.2) is 0 Å². The first-order valence-electron chi connectivity index (χ1n) is 7.84. The maximum absolute atomic E-state index is 5.85. The molecule has 1 atom stereocenters. The summed E-state index contributed by atoms with van der Waals surface area (Å²) in [5, 5.41) is 11.0. The third-order valence-corrected chi connectivity index (χ3v) is 4.92. The van der Waals surface area contributed by atoms with Crippen LogP contribution in [0, 0.1) is 0 Å². The van der Waals surface area contributed by atoms with Gasteiger partial charge in [-0.2, -0.15) is 0 Å². The number of rotatable bonds is 4. The lowest BCUT2D eigenvalue weighted by molar-refractivity contribution is 0.509. The summed E-state index contributed by atoms with van der Waals surface area (Å²) in [6.07, 6.45) is 0. The number of thioether (sulfide) groups is 1. The number of hydrogen-bond acceptors (Lipinski definition) is 4. The van der Waals surface area contributed by atoms with Crippen LogP contribution < -0.4 is 0 Å². The molecule has 4 heteroatoms. The Labute approximate surface area is 144 Å². The summed E-state index contributed by atoms with van der Waals surface area (Å²) in [6.45, 7) is 2.09. The fourth-order valence-corrected chi connectivity index (χ4v) is 3.54. The molecule has 0 aliphatic carbocycles. The lowest BCUT2D eigenvalue weighted by Crippen LogP contribution is -1.88. The smallest absolute Gasteiger partial charge is 0.247 e. The van der Waals surface area contributed by atoms with Crippen molar-refractivity contribution in [2.24, 2.45) is 0 Å². The highest BCUT2D eigenvalue weighted by molar-refractivity contribution is 7.99. The summed E-state index contributed by atoms with van der Waals surface area (Å²) >= 11 is 1.72. The van der Waals surface area contributed by atoms with Crippen molar-refractivity contribution in [1.82, 2.24) is 10.2 Å². The van der Waals surface area contributed by atoms with Gasteiger partial charge in [-0.05, 0) is 42.0 Å². The van der Waals surface area contributed by atoms with Crippen molar-refractivity contribution < 1.29 is 4.42 Å². The highest BCUT2D eigenvalue weighted by Crippen LogP contribution is 2.36. The van der Waals surface area contributed by atoms with E-state index in [1.165, 1.54) is 15.7 Å². The molecule has 1 heterocycles. The molecule has 0 radical (unpaired) electrons. The quantitative estimate of drug-likeness (QED) is 0.446. The zero-order valence-electron chi connectivity index (χ0n) is 13.2. The predicted octanol–water partition coefficient (Wildman–Crippen LogP) is 5.74. The first kappa shape index (κ1) is 15.0. The Bertz CT molecular complexity index is 965. The topological polar surface area (TPSA) is 38.9 Å². The second kappa shape index (κ2) is 6.49. The van der Waals surface area contributed by atoms with Crippen molar-refractivity contribution in [3.8, 4) is 11.5 Å². The summed E-state index contributed by atoms with van der Waals surface area (Å²) in [5.41, 5.74) is 0.944. The van der Waals surface area contributed by atoms with Gasteiger partial charge in [0.25, 0.3) is 0 Å². The van der Waals surface area contributed by atoms with E-state index in [9.17, 15) is 0 Å². The van der Waals surface area contributed by atoms with E-state index in [0.717, 1.165) is 5.56 Å². The molecule has 0 unspecified atom stereocenters. The van der Waals surface area contributed by atoms with Crippen LogP contribution in [0.15, 0.2) is 82.1 Å². The Balaban J connectivity index is 1.55. The van der Waals surface area contributed by atoms with Crippen molar-refractivity contribution in [3.63, 3.8) is 0 Å². The molecule has 118 valence electrons. The molecule has 0 amide bonds. The Morgan fingerprint density at radius 3 is 2.42 bits per heavy atom. The second-order valence-electron chi connectivity index (χ2n) is 5.58. The number of benzene rings is 3. The Hall–Kier alpha value is -2.59. The summed E-state index contributed by atoms with van der Waals surface area (Å²) in [4.78, 5) is 1.20. The minimum atomic E-state index is 0.0936. The van der Waals surface area contributed by atoms with Gasteiger partial charge >= 0.3 is 0 Å². The van der Waals surface area contributed by atoms with E-state index in [1.807, 2.05) is 30.3 Å². The molecule has 3 nitrogen and oxygen atoms in total. The van der Waals surface area contributed by atoms with Crippen LogP contribution in [0.3, 0.4) is 0 Å². The van der Waals surface area contributed by atoms with Gasteiger partial charge in [0.2, 0.25) is 11.8 Å². The monoisotopic (exact) mass is 332 g/mol. The van der Waals surface area contributed by atoms with E-state index in [1.54, 1.807) is 11.8 Å². The van der Waals surface area contributed by atoms with Gasteiger partial charge in [-0.15, -0.1) is 22.0 Å². The molecule has 0 bridgehead atoms. The van der Waals surface area contributed by atoms with Crippen LogP contribution >= 0.6 is 11.8 Å². The lowest BCUT2D eigenvalue weighted by Gasteiger charge is -2.07. The lowest BCUT2D eigenvalue weighted by atomic mass is 10.1. The Morgan fingerprint density at radius 2 is 1.58 bits per heavy atom. The molecule has 0 saturated carbocycles. The SMILES string of the molecule is C[C@H](Sc1ccc2ccccc2c1)c1nnc(-c2ccccc2)o1. The van der Waals surface area contributed by atoms with Gasteiger partial charge < -0.3 is 4.42 Å². The average molecular weight is 332 g/mol. The van der Waals surface area contributed by atoms with Gasteiger partial charge in [-0.3, -0.25) is 0 Å². The molecule has 0 aliphatic heterocycles. The van der Waals surface area contributed by atoms with Gasteiger partial charge in [0.15, 0.2) is 0 Å². The van der Waals surface area contributed by atoms with E-state index in [-0.39, 0.29) is 5.25 Å². The predicted molar refractivity (Wildman–Crippen MR) is 98.0 cm³/mol. The van der Waals surface area contributed by atoms with Crippen LogP contribution in [0.2, 0.25) is 0 Å². The Kier molecular flexibility index (Phi) is 4.05. The highest BCUT2D eigenvalue weighted by atomic mass is 32.2. The van der Waals surface area contributed by atoms with Crippen molar-refractivity contribution in [1.29, 1.82) is 0 Å². The van der Waals surface area contributed by atoms with E-state index in [2.05, 4.69) is 59.6 Å². The van der Waals surface area contributed by atoms with E-state index in [0.29, 0.717) is 11.8 Å². The highest BCUT2D eigenvalue weighted by Gasteiger charge is 2.16. The minimum absolute atomic E-state index is 0.0936. The van der Waals surface area contributed by atoms with Crippen molar-refractivity contribution in [3.05, 3.63) is 78.7 Å². The molecule has 4 rings (SSSR count). The van der Waals surface area contributed by atoms with Crippen LogP contribution in [0.5, 0.6) is 0 Å². The third kappa shape index (κ3) is 3.05. The largest absolute Gasteiger partial charge is 0.419 e. The molecule has 0 saturated heterocycles. The molecule has 3 aromatic carbocycles. The normalized spacial score (nSPS) is 12.4. The van der Waals surface area contributed by atoms with Crippen LogP contribution in [-0.2, 0) is 0 Å². The number of fused-ring (bicyclic) bond motifs is 1. The first-order valence-corrected chi connectivity index (χ1v) is 8.72. The molecule has 0 N–H and O–H groups in total. The molecular formula is C20H16N2OS. The third-order valence-electron chi connectivity index (χ3n) is 3.84. The fraction of sp³-hybridized carbons (Fsp3) is 0.100. The van der Waals surface area contributed by atoms with Gasteiger partial charge in [0, 0.05) is 10.5 Å².